The van der Waals surface area contributed by atoms with Gasteiger partial charge in [-0.3, -0.25) is 4.79 Å². The lowest BCUT2D eigenvalue weighted by Gasteiger charge is -2.16. The maximum atomic E-state index is 11.8. The number of aromatic nitrogens is 2. The summed E-state index contributed by atoms with van der Waals surface area (Å²) in [5.74, 6) is 0.847. The zero-order chi connectivity index (χ0) is 15.1. The Morgan fingerprint density at radius 2 is 2.32 bits per heavy atom. The summed E-state index contributed by atoms with van der Waals surface area (Å²) < 4.78 is 0. The highest BCUT2D eigenvalue weighted by atomic mass is 32.1. The average Bonchev–Trinajstić information content (AvgIpc) is 3.15. The molecule has 0 radical (unpaired) electrons. The van der Waals surface area contributed by atoms with Crippen LogP contribution in [0.15, 0.2) is 18.3 Å². The monoisotopic (exact) mass is 316 g/mol. The maximum Gasteiger partial charge on any atom is 0.263 e. The highest BCUT2D eigenvalue weighted by molar-refractivity contribution is 7.17. The maximum absolute atomic E-state index is 11.8. The molecule has 114 valence electrons. The number of carbonyl (C=O) groups excluding carboxylic acids is 1. The van der Waals surface area contributed by atoms with Gasteiger partial charge in [0.05, 0.1) is 11.8 Å². The van der Waals surface area contributed by atoms with Crippen LogP contribution in [0.1, 0.15) is 21.8 Å². The molecule has 4 rings (SSSR count). The fraction of sp³-hybridized carbons (Fsp3) is 0.400. The average molecular weight is 316 g/mol. The normalized spacial score (nSPS) is 20.9. The summed E-state index contributed by atoms with van der Waals surface area (Å²) in [5, 5.41) is 13.3. The second-order valence-corrected chi connectivity index (χ2v) is 6.59. The van der Waals surface area contributed by atoms with Crippen molar-refractivity contribution >= 4 is 23.1 Å². The van der Waals surface area contributed by atoms with E-state index in [0.29, 0.717) is 18.0 Å². The van der Waals surface area contributed by atoms with Crippen LogP contribution in [0, 0.1) is 0 Å². The van der Waals surface area contributed by atoms with E-state index in [1.165, 1.54) is 11.3 Å². The van der Waals surface area contributed by atoms with Crippen LogP contribution in [-0.2, 0) is 6.42 Å². The van der Waals surface area contributed by atoms with Gasteiger partial charge in [0.2, 0.25) is 0 Å². The Hall–Kier alpha value is -1.99. The molecule has 6 nitrogen and oxygen atoms in total. The van der Waals surface area contributed by atoms with Crippen LogP contribution in [-0.4, -0.2) is 46.7 Å². The van der Waals surface area contributed by atoms with Crippen molar-refractivity contribution in [1.82, 2.24) is 15.3 Å². The number of nitrogens with zero attached hydrogens (tertiary/aromatic N) is 3. The number of hydrogen-bond donors (Lipinski definition) is 2. The molecule has 1 amide bonds. The number of rotatable bonds is 2. The van der Waals surface area contributed by atoms with Crippen LogP contribution in [0.3, 0.4) is 0 Å². The van der Waals surface area contributed by atoms with E-state index in [-0.39, 0.29) is 12.0 Å². The van der Waals surface area contributed by atoms with E-state index in [0.717, 1.165) is 41.5 Å². The molecule has 0 aromatic carbocycles. The van der Waals surface area contributed by atoms with Crippen molar-refractivity contribution in [2.45, 2.75) is 18.9 Å². The molecule has 4 heterocycles. The minimum atomic E-state index is -0.259. The Kier molecular flexibility index (Phi) is 3.31. The van der Waals surface area contributed by atoms with E-state index >= 15 is 0 Å². The predicted octanol–water partition coefficient (Wildman–Crippen LogP) is 1.06. The fourth-order valence-electron chi connectivity index (χ4n) is 2.85. The third kappa shape index (κ3) is 2.36. The highest BCUT2D eigenvalue weighted by Gasteiger charge is 2.23. The number of carbonyl (C=O) groups is 1. The SMILES string of the molecule is O=C1NCCc2nc(-c3ccc(N4CC[C@H](O)C4)nc3)sc21. The summed E-state index contributed by atoms with van der Waals surface area (Å²) in [6, 6.07) is 3.93. The summed E-state index contributed by atoms with van der Waals surface area (Å²) in [5.41, 5.74) is 1.81. The summed E-state index contributed by atoms with van der Waals surface area (Å²) >= 11 is 1.42. The van der Waals surface area contributed by atoms with E-state index in [9.17, 15) is 9.90 Å². The molecule has 1 atom stereocenters. The second-order valence-electron chi connectivity index (χ2n) is 5.59. The van der Waals surface area contributed by atoms with Crippen LogP contribution in [0.25, 0.3) is 10.6 Å². The largest absolute Gasteiger partial charge is 0.391 e. The molecule has 1 saturated heterocycles. The first-order valence-electron chi connectivity index (χ1n) is 7.38. The van der Waals surface area contributed by atoms with Crippen molar-refractivity contribution in [1.29, 1.82) is 0 Å². The summed E-state index contributed by atoms with van der Waals surface area (Å²) in [6.45, 7) is 2.13. The van der Waals surface area contributed by atoms with E-state index in [2.05, 4.69) is 20.2 Å². The summed E-state index contributed by atoms with van der Waals surface area (Å²) in [7, 11) is 0. The predicted molar refractivity (Wildman–Crippen MR) is 84.2 cm³/mol. The first-order valence-corrected chi connectivity index (χ1v) is 8.20. The number of hydrogen-bond acceptors (Lipinski definition) is 6. The van der Waals surface area contributed by atoms with Crippen LogP contribution in [0.4, 0.5) is 5.82 Å². The summed E-state index contributed by atoms with van der Waals surface area (Å²) in [6.07, 6.45) is 3.11. The molecular formula is C15H16N4O2S. The van der Waals surface area contributed by atoms with E-state index in [1.54, 1.807) is 6.20 Å². The summed E-state index contributed by atoms with van der Waals surface area (Å²) in [4.78, 5) is 23.6. The molecule has 0 spiro atoms. The van der Waals surface area contributed by atoms with Crippen molar-refractivity contribution in [3.63, 3.8) is 0 Å². The molecule has 2 aromatic rings. The Morgan fingerprint density at radius 1 is 1.41 bits per heavy atom. The molecule has 2 aliphatic heterocycles. The van der Waals surface area contributed by atoms with Gasteiger partial charge in [-0.1, -0.05) is 0 Å². The first-order chi connectivity index (χ1) is 10.7. The number of pyridine rings is 1. The number of anilines is 1. The zero-order valence-corrected chi connectivity index (χ0v) is 12.8. The topological polar surface area (TPSA) is 78.4 Å². The molecule has 7 heteroatoms. The minimum absolute atomic E-state index is 0.0272. The van der Waals surface area contributed by atoms with Crippen molar-refractivity contribution in [2.24, 2.45) is 0 Å². The van der Waals surface area contributed by atoms with Gasteiger partial charge in [-0.2, -0.15) is 0 Å². The van der Waals surface area contributed by atoms with Crippen molar-refractivity contribution in [3.8, 4) is 10.6 Å². The molecule has 2 aliphatic rings. The third-order valence-corrected chi connectivity index (χ3v) is 5.18. The van der Waals surface area contributed by atoms with Crippen molar-refractivity contribution in [2.75, 3.05) is 24.5 Å². The molecular weight excluding hydrogens is 300 g/mol. The fourth-order valence-corrected chi connectivity index (χ4v) is 3.86. The molecule has 2 N–H and O–H groups in total. The number of aliphatic hydroxyl groups excluding tert-OH is 1. The van der Waals surface area contributed by atoms with Gasteiger partial charge in [-0.05, 0) is 18.6 Å². The van der Waals surface area contributed by atoms with Crippen molar-refractivity contribution < 1.29 is 9.90 Å². The van der Waals surface area contributed by atoms with Crippen LogP contribution < -0.4 is 10.2 Å². The van der Waals surface area contributed by atoms with Gasteiger partial charge in [0, 0.05) is 37.8 Å². The molecule has 0 aliphatic carbocycles. The second kappa shape index (κ2) is 5.33. The number of thiazole rings is 1. The lowest BCUT2D eigenvalue weighted by Crippen LogP contribution is -2.30. The Balaban J connectivity index is 1.60. The lowest BCUT2D eigenvalue weighted by molar-refractivity contribution is 0.0950. The zero-order valence-electron chi connectivity index (χ0n) is 12.0. The standard InChI is InChI=1S/C15H16N4O2S/c20-10-4-6-19(8-10)12-2-1-9(7-17-12)15-18-11-3-5-16-14(21)13(11)22-15/h1-2,7,10,20H,3-6,8H2,(H,16,21)/t10-/m0/s1. The van der Waals surface area contributed by atoms with Crippen molar-refractivity contribution in [3.05, 3.63) is 28.9 Å². The Morgan fingerprint density at radius 3 is 3.00 bits per heavy atom. The van der Waals surface area contributed by atoms with E-state index < -0.39 is 0 Å². The number of nitrogens with one attached hydrogen (secondary N) is 1. The third-order valence-electron chi connectivity index (χ3n) is 4.03. The minimum Gasteiger partial charge on any atom is -0.391 e. The number of fused-ring (bicyclic) bond motifs is 1. The number of amides is 1. The van der Waals surface area contributed by atoms with Crippen LogP contribution >= 0.6 is 11.3 Å². The smallest absolute Gasteiger partial charge is 0.263 e. The molecule has 1 fully saturated rings. The molecule has 0 unspecified atom stereocenters. The van der Waals surface area contributed by atoms with Crippen LogP contribution in [0.5, 0.6) is 0 Å². The molecule has 0 saturated carbocycles. The number of β-amino-alcohol motifs (C(OH)–C–C–N with tert-alkyl or cyclic N) is 1. The van der Waals surface area contributed by atoms with Crippen LogP contribution in [0.2, 0.25) is 0 Å². The molecule has 2 aromatic heterocycles. The Labute approximate surface area is 131 Å². The van der Waals surface area contributed by atoms with Gasteiger partial charge in [0.15, 0.2) is 0 Å². The van der Waals surface area contributed by atoms with E-state index in [4.69, 9.17) is 0 Å². The van der Waals surface area contributed by atoms with E-state index in [1.807, 2.05) is 12.1 Å². The van der Waals surface area contributed by atoms with Gasteiger partial charge >= 0.3 is 0 Å². The number of aliphatic hydroxyl groups is 1. The van der Waals surface area contributed by atoms with Gasteiger partial charge in [0.25, 0.3) is 5.91 Å². The first kappa shape index (κ1) is 13.7. The van der Waals surface area contributed by atoms with Gasteiger partial charge in [-0.15, -0.1) is 11.3 Å². The molecule has 0 bridgehead atoms. The highest BCUT2D eigenvalue weighted by Crippen LogP contribution is 2.30. The quantitative estimate of drug-likeness (QED) is 0.866. The molecule has 22 heavy (non-hydrogen) atoms. The van der Waals surface area contributed by atoms with Gasteiger partial charge in [0.1, 0.15) is 15.7 Å². The lowest BCUT2D eigenvalue weighted by atomic mass is 10.2. The Bertz CT molecular complexity index is 713. The van der Waals surface area contributed by atoms with Gasteiger partial charge < -0.3 is 15.3 Å². The van der Waals surface area contributed by atoms with Gasteiger partial charge in [-0.25, -0.2) is 9.97 Å².